The molecule has 0 radical (unpaired) electrons. The molecule has 0 aliphatic rings. The van der Waals surface area contributed by atoms with Crippen LogP contribution in [0.3, 0.4) is 0 Å². The van der Waals surface area contributed by atoms with Crippen molar-refractivity contribution in [1.29, 1.82) is 5.41 Å². The normalized spacial score (nSPS) is 13.6. The summed E-state index contributed by atoms with van der Waals surface area (Å²) < 4.78 is 0. The van der Waals surface area contributed by atoms with Gasteiger partial charge in [0.2, 0.25) is 0 Å². The smallest absolute Gasteiger partial charge is 0.00449 e. The van der Waals surface area contributed by atoms with Gasteiger partial charge >= 0.3 is 0 Å². The van der Waals surface area contributed by atoms with Crippen LogP contribution < -0.4 is 0 Å². The summed E-state index contributed by atoms with van der Waals surface area (Å²) >= 11 is 0. The molecule has 0 spiro atoms. The van der Waals surface area contributed by atoms with Crippen LogP contribution in [-0.4, -0.2) is 6.21 Å². The van der Waals surface area contributed by atoms with E-state index in [1.165, 1.54) is 12.8 Å². The van der Waals surface area contributed by atoms with Crippen molar-refractivity contribution in [3.63, 3.8) is 0 Å². The number of nitrogens with one attached hydrogen (secondary N) is 1. The van der Waals surface area contributed by atoms with E-state index in [2.05, 4.69) is 20.8 Å². The monoisotopic (exact) mass is 141 g/mol. The first-order valence-electron chi connectivity index (χ1n) is 4.21. The molecule has 1 heteroatoms. The molecular weight excluding hydrogens is 122 g/mol. The summed E-state index contributed by atoms with van der Waals surface area (Å²) in [4.78, 5) is 0. The molecule has 1 nitrogen and oxygen atoms in total. The summed E-state index contributed by atoms with van der Waals surface area (Å²) in [5.41, 5.74) is 0. The second-order valence-electron chi connectivity index (χ2n) is 3.23. The van der Waals surface area contributed by atoms with Gasteiger partial charge in [-0.05, 0) is 24.5 Å². The maximum Gasteiger partial charge on any atom is -0.00449 e. The van der Waals surface area contributed by atoms with Crippen LogP contribution in [0.2, 0.25) is 0 Å². The molecule has 0 heterocycles. The van der Waals surface area contributed by atoms with E-state index in [0.717, 1.165) is 18.3 Å². The number of hydrogen-bond donors (Lipinski definition) is 1. The first-order chi connectivity index (χ1) is 4.72. The molecule has 0 bridgehead atoms. The van der Waals surface area contributed by atoms with Crippen LogP contribution in [0.5, 0.6) is 0 Å². The average Bonchev–Trinajstić information content (AvgIpc) is 1.87. The summed E-state index contributed by atoms with van der Waals surface area (Å²) in [6.45, 7) is 6.69. The molecule has 1 atom stereocenters. The van der Waals surface area contributed by atoms with Gasteiger partial charge in [-0.15, -0.1) is 0 Å². The first-order valence-corrected chi connectivity index (χ1v) is 4.21. The summed E-state index contributed by atoms with van der Waals surface area (Å²) in [6, 6.07) is 0. The maximum absolute atomic E-state index is 6.98. The van der Waals surface area contributed by atoms with Gasteiger partial charge in [0.15, 0.2) is 0 Å². The minimum Gasteiger partial charge on any atom is -0.313 e. The Balaban J connectivity index is 3.60. The third-order valence-corrected chi connectivity index (χ3v) is 2.02. The first kappa shape index (κ1) is 9.67. The van der Waals surface area contributed by atoms with Gasteiger partial charge < -0.3 is 5.41 Å². The number of hydrogen-bond acceptors (Lipinski definition) is 1. The van der Waals surface area contributed by atoms with Crippen LogP contribution in [0.15, 0.2) is 0 Å². The molecule has 0 aliphatic heterocycles. The lowest BCUT2D eigenvalue weighted by Crippen LogP contribution is -2.08. The highest BCUT2D eigenvalue weighted by atomic mass is 14.3. The molecule has 60 valence electrons. The van der Waals surface area contributed by atoms with E-state index in [9.17, 15) is 0 Å². The van der Waals surface area contributed by atoms with E-state index >= 15 is 0 Å². The molecule has 0 rings (SSSR count). The SMILES string of the molecule is CCCC(CC=N)C(C)C. The quantitative estimate of drug-likeness (QED) is 0.569. The Hall–Kier alpha value is -0.330. The average molecular weight is 141 g/mol. The Labute approximate surface area is 64.3 Å². The van der Waals surface area contributed by atoms with Gasteiger partial charge in [-0.1, -0.05) is 33.6 Å². The summed E-state index contributed by atoms with van der Waals surface area (Å²) in [6.07, 6.45) is 5.02. The van der Waals surface area contributed by atoms with E-state index in [4.69, 9.17) is 5.41 Å². The third kappa shape index (κ3) is 3.65. The van der Waals surface area contributed by atoms with Crippen molar-refractivity contribution >= 4 is 6.21 Å². The Morgan fingerprint density at radius 3 is 2.30 bits per heavy atom. The van der Waals surface area contributed by atoms with Crippen molar-refractivity contribution in [3.8, 4) is 0 Å². The van der Waals surface area contributed by atoms with Gasteiger partial charge in [0.1, 0.15) is 0 Å². The standard InChI is InChI=1S/C9H19N/c1-4-5-9(6-7-10)8(2)3/h7-10H,4-6H2,1-3H3. The van der Waals surface area contributed by atoms with Crippen molar-refractivity contribution in [3.05, 3.63) is 0 Å². The third-order valence-electron chi connectivity index (χ3n) is 2.02. The predicted molar refractivity (Wildman–Crippen MR) is 46.6 cm³/mol. The zero-order valence-electron chi connectivity index (χ0n) is 7.35. The molecule has 10 heavy (non-hydrogen) atoms. The lowest BCUT2D eigenvalue weighted by Gasteiger charge is -2.17. The van der Waals surface area contributed by atoms with Crippen LogP contribution in [0, 0.1) is 17.2 Å². The van der Waals surface area contributed by atoms with E-state index in [-0.39, 0.29) is 0 Å². The van der Waals surface area contributed by atoms with E-state index in [1.807, 2.05) is 0 Å². The number of rotatable bonds is 5. The van der Waals surface area contributed by atoms with Gasteiger partial charge in [0.25, 0.3) is 0 Å². The molecule has 0 fully saturated rings. The lowest BCUT2D eigenvalue weighted by atomic mass is 9.89. The van der Waals surface area contributed by atoms with Crippen LogP contribution >= 0.6 is 0 Å². The zero-order chi connectivity index (χ0) is 7.98. The Bertz CT molecular complexity index is 86.7. The molecule has 0 saturated heterocycles. The highest BCUT2D eigenvalue weighted by Crippen LogP contribution is 2.19. The minimum atomic E-state index is 0.738. The highest BCUT2D eigenvalue weighted by Gasteiger charge is 2.09. The van der Waals surface area contributed by atoms with Crippen molar-refractivity contribution in [1.82, 2.24) is 0 Å². The van der Waals surface area contributed by atoms with Crippen molar-refractivity contribution < 1.29 is 0 Å². The molecule has 0 amide bonds. The van der Waals surface area contributed by atoms with Gasteiger partial charge in [0, 0.05) is 0 Å². The van der Waals surface area contributed by atoms with Gasteiger partial charge in [-0.3, -0.25) is 0 Å². The van der Waals surface area contributed by atoms with E-state index in [1.54, 1.807) is 6.21 Å². The van der Waals surface area contributed by atoms with Crippen molar-refractivity contribution in [2.24, 2.45) is 11.8 Å². The van der Waals surface area contributed by atoms with Gasteiger partial charge in [0.05, 0.1) is 0 Å². The van der Waals surface area contributed by atoms with Crippen LogP contribution in [-0.2, 0) is 0 Å². The molecule has 0 aromatic carbocycles. The summed E-state index contributed by atoms with van der Waals surface area (Å²) in [5, 5.41) is 6.98. The maximum atomic E-state index is 6.98. The molecule has 0 saturated carbocycles. The highest BCUT2D eigenvalue weighted by molar-refractivity contribution is 5.53. The molecule has 1 unspecified atom stereocenters. The second kappa shape index (κ2) is 5.45. The van der Waals surface area contributed by atoms with Crippen molar-refractivity contribution in [2.75, 3.05) is 0 Å². The topological polar surface area (TPSA) is 23.9 Å². The second-order valence-corrected chi connectivity index (χ2v) is 3.23. The fraction of sp³-hybridized carbons (Fsp3) is 0.889. The van der Waals surface area contributed by atoms with Crippen LogP contribution in [0.25, 0.3) is 0 Å². The lowest BCUT2D eigenvalue weighted by molar-refractivity contribution is 0.370. The Morgan fingerprint density at radius 1 is 1.40 bits per heavy atom. The molecular formula is C9H19N. The zero-order valence-corrected chi connectivity index (χ0v) is 7.35. The predicted octanol–water partition coefficient (Wildman–Crippen LogP) is 3.10. The molecule has 0 aromatic heterocycles. The summed E-state index contributed by atoms with van der Waals surface area (Å²) in [5.74, 6) is 1.48. The minimum absolute atomic E-state index is 0.738. The van der Waals surface area contributed by atoms with Crippen molar-refractivity contribution in [2.45, 2.75) is 40.0 Å². The Kier molecular flexibility index (Phi) is 5.27. The van der Waals surface area contributed by atoms with E-state index in [0.29, 0.717) is 0 Å². The van der Waals surface area contributed by atoms with E-state index < -0.39 is 0 Å². The Morgan fingerprint density at radius 2 is 2.00 bits per heavy atom. The van der Waals surface area contributed by atoms with Gasteiger partial charge in [-0.25, -0.2) is 0 Å². The van der Waals surface area contributed by atoms with Gasteiger partial charge in [-0.2, -0.15) is 0 Å². The molecule has 0 aliphatic carbocycles. The van der Waals surface area contributed by atoms with Crippen LogP contribution in [0.1, 0.15) is 40.0 Å². The fourth-order valence-electron chi connectivity index (χ4n) is 1.25. The molecule has 1 N–H and O–H groups in total. The summed E-state index contributed by atoms with van der Waals surface area (Å²) in [7, 11) is 0. The van der Waals surface area contributed by atoms with Crippen LogP contribution in [0.4, 0.5) is 0 Å². The fourth-order valence-corrected chi connectivity index (χ4v) is 1.25. The molecule has 0 aromatic rings. The largest absolute Gasteiger partial charge is 0.313 e.